The number of aliphatic imine (C=N–C) groups is 1. The Bertz CT molecular complexity index is 852. The summed E-state index contributed by atoms with van der Waals surface area (Å²) in [6.07, 6.45) is 2.74. The third kappa shape index (κ3) is 6.53. The molecule has 7 nitrogen and oxygen atoms in total. The van der Waals surface area contributed by atoms with Crippen LogP contribution in [0.2, 0.25) is 5.02 Å². The summed E-state index contributed by atoms with van der Waals surface area (Å²) in [6, 6.07) is 9.84. The maximum absolute atomic E-state index is 6.19. The van der Waals surface area contributed by atoms with Crippen molar-refractivity contribution in [2.24, 2.45) is 4.99 Å². The fourth-order valence-electron chi connectivity index (χ4n) is 3.35. The van der Waals surface area contributed by atoms with Gasteiger partial charge in [-0.15, -0.1) is 24.0 Å². The highest BCUT2D eigenvalue weighted by Crippen LogP contribution is 2.33. The minimum atomic E-state index is 0. The lowest BCUT2D eigenvalue weighted by Crippen LogP contribution is -2.44. The van der Waals surface area contributed by atoms with Crippen molar-refractivity contribution in [2.75, 3.05) is 38.8 Å². The van der Waals surface area contributed by atoms with E-state index in [0.717, 1.165) is 49.0 Å². The van der Waals surface area contributed by atoms with Crippen molar-refractivity contribution in [3.8, 4) is 11.6 Å². The summed E-state index contributed by atoms with van der Waals surface area (Å²) in [7, 11) is 3.30. The van der Waals surface area contributed by atoms with E-state index in [2.05, 4.69) is 27.4 Å². The molecule has 2 N–H and O–H groups in total. The van der Waals surface area contributed by atoms with Crippen molar-refractivity contribution in [1.29, 1.82) is 0 Å². The number of nitrogens with zero attached hydrogens (tertiary/aromatic N) is 3. The van der Waals surface area contributed by atoms with Crippen molar-refractivity contribution < 1.29 is 9.47 Å². The van der Waals surface area contributed by atoms with Crippen molar-refractivity contribution >= 4 is 47.2 Å². The summed E-state index contributed by atoms with van der Waals surface area (Å²) in [5, 5.41) is 7.57. The molecular weight excluding hydrogens is 517 g/mol. The van der Waals surface area contributed by atoms with Crippen LogP contribution in [0.4, 0.5) is 5.69 Å². The zero-order valence-electron chi connectivity index (χ0n) is 17.5. The van der Waals surface area contributed by atoms with Gasteiger partial charge in [-0.1, -0.05) is 11.6 Å². The zero-order valence-corrected chi connectivity index (χ0v) is 20.6. The summed E-state index contributed by atoms with van der Waals surface area (Å²) in [5.74, 6) is 2.23. The second kappa shape index (κ2) is 12.0. The molecule has 0 radical (unpaired) electrons. The van der Waals surface area contributed by atoms with Crippen molar-refractivity contribution in [1.82, 2.24) is 15.6 Å². The van der Waals surface area contributed by atoms with Gasteiger partial charge in [-0.05, 0) is 43.2 Å². The predicted octanol–water partition coefficient (Wildman–Crippen LogP) is 3.70. The number of aromatic nitrogens is 1. The van der Waals surface area contributed by atoms with Gasteiger partial charge in [0.05, 0.1) is 26.5 Å². The number of rotatable bonds is 7. The molecule has 0 spiro atoms. The third-order valence-electron chi connectivity index (χ3n) is 4.78. The molecule has 1 aromatic heterocycles. The van der Waals surface area contributed by atoms with Gasteiger partial charge in [0.25, 0.3) is 0 Å². The highest BCUT2D eigenvalue weighted by molar-refractivity contribution is 14.0. The number of halogens is 2. The summed E-state index contributed by atoms with van der Waals surface area (Å²) in [6.45, 7) is 5.18. The molecule has 2 heterocycles. The maximum atomic E-state index is 6.19. The van der Waals surface area contributed by atoms with E-state index in [1.54, 1.807) is 20.4 Å². The molecule has 1 fully saturated rings. The smallest absolute Gasteiger partial charge is 0.213 e. The minimum absolute atomic E-state index is 0. The van der Waals surface area contributed by atoms with Gasteiger partial charge in [0.15, 0.2) is 5.96 Å². The van der Waals surface area contributed by atoms with Crippen LogP contribution in [-0.2, 0) is 6.54 Å². The largest absolute Gasteiger partial charge is 0.495 e. The Hall–Kier alpha value is -1.94. The summed E-state index contributed by atoms with van der Waals surface area (Å²) in [5.41, 5.74) is 2.07. The van der Waals surface area contributed by atoms with Crippen molar-refractivity contribution in [2.45, 2.75) is 25.9 Å². The second-order valence-corrected chi connectivity index (χ2v) is 7.23. The average molecular weight is 546 g/mol. The number of methoxy groups -OCH3 is 2. The Morgan fingerprint density at radius 3 is 2.83 bits per heavy atom. The van der Waals surface area contributed by atoms with Gasteiger partial charge in [0.1, 0.15) is 5.75 Å². The van der Waals surface area contributed by atoms with E-state index >= 15 is 0 Å². The minimum Gasteiger partial charge on any atom is -0.495 e. The Balaban J connectivity index is 0.00000320. The first kappa shape index (κ1) is 24.3. The molecule has 0 bridgehead atoms. The predicted molar refractivity (Wildman–Crippen MR) is 133 cm³/mol. The lowest BCUT2D eigenvalue weighted by Gasteiger charge is -2.22. The number of nitrogens with one attached hydrogen (secondary N) is 2. The fourth-order valence-corrected chi connectivity index (χ4v) is 3.52. The van der Waals surface area contributed by atoms with Gasteiger partial charge in [0, 0.05) is 43.0 Å². The lowest BCUT2D eigenvalue weighted by atomic mass is 10.2. The molecule has 0 amide bonds. The summed E-state index contributed by atoms with van der Waals surface area (Å²) < 4.78 is 10.7. The molecule has 1 aliphatic heterocycles. The van der Waals surface area contributed by atoms with Crippen LogP contribution in [-0.4, -0.2) is 50.8 Å². The summed E-state index contributed by atoms with van der Waals surface area (Å²) in [4.78, 5) is 11.1. The molecule has 1 unspecified atom stereocenters. The Labute approximate surface area is 200 Å². The molecule has 1 aromatic carbocycles. The highest BCUT2D eigenvalue weighted by Gasteiger charge is 2.25. The Morgan fingerprint density at radius 1 is 1.27 bits per heavy atom. The number of hydrogen-bond acceptors (Lipinski definition) is 5. The summed E-state index contributed by atoms with van der Waals surface area (Å²) >= 11 is 6.19. The van der Waals surface area contributed by atoms with Gasteiger partial charge in [-0.25, -0.2) is 9.98 Å². The molecule has 3 rings (SSSR count). The van der Waals surface area contributed by atoms with Crippen molar-refractivity contribution in [3.63, 3.8) is 0 Å². The molecule has 0 saturated carbocycles. The maximum Gasteiger partial charge on any atom is 0.213 e. The molecule has 2 aromatic rings. The highest BCUT2D eigenvalue weighted by atomic mass is 127. The molecule has 164 valence electrons. The van der Waals surface area contributed by atoms with Crippen LogP contribution >= 0.6 is 35.6 Å². The molecule has 9 heteroatoms. The van der Waals surface area contributed by atoms with Crippen LogP contribution in [0.15, 0.2) is 41.5 Å². The second-order valence-electron chi connectivity index (χ2n) is 6.79. The Morgan fingerprint density at radius 2 is 2.10 bits per heavy atom. The van der Waals surface area contributed by atoms with E-state index in [4.69, 9.17) is 26.1 Å². The molecule has 1 atom stereocenters. The number of guanidine groups is 1. The monoisotopic (exact) mass is 545 g/mol. The number of benzene rings is 1. The van der Waals surface area contributed by atoms with Crippen LogP contribution < -0.4 is 25.0 Å². The van der Waals surface area contributed by atoms with Crippen LogP contribution in [0.5, 0.6) is 11.6 Å². The van der Waals surface area contributed by atoms with Gasteiger partial charge >= 0.3 is 0 Å². The number of hydrogen-bond donors (Lipinski definition) is 2. The fraction of sp³-hybridized carbons (Fsp3) is 0.429. The van der Waals surface area contributed by atoms with Crippen LogP contribution in [0.1, 0.15) is 18.9 Å². The third-order valence-corrected chi connectivity index (χ3v) is 5.02. The normalized spacial score (nSPS) is 16.1. The van der Waals surface area contributed by atoms with Gasteiger partial charge in [0.2, 0.25) is 5.88 Å². The first-order valence-electron chi connectivity index (χ1n) is 9.75. The number of anilines is 1. The molecule has 1 saturated heterocycles. The average Bonchev–Trinajstić information content (AvgIpc) is 3.20. The Kier molecular flexibility index (Phi) is 9.77. The quantitative estimate of drug-likeness (QED) is 0.314. The van der Waals surface area contributed by atoms with Crippen LogP contribution in [0.25, 0.3) is 0 Å². The van der Waals surface area contributed by atoms with E-state index in [1.165, 1.54) is 0 Å². The van der Waals surface area contributed by atoms with E-state index in [1.807, 2.05) is 30.3 Å². The number of pyridine rings is 1. The first-order valence-corrected chi connectivity index (χ1v) is 10.1. The van der Waals surface area contributed by atoms with Crippen molar-refractivity contribution in [3.05, 3.63) is 47.1 Å². The number of ether oxygens (including phenoxy) is 2. The van der Waals surface area contributed by atoms with E-state index in [0.29, 0.717) is 17.4 Å². The van der Waals surface area contributed by atoms with Crippen LogP contribution in [0.3, 0.4) is 0 Å². The van der Waals surface area contributed by atoms with E-state index < -0.39 is 0 Å². The SMILES string of the molecule is CCNC(=NCc1ccnc(OC)c1)NC1CCN(c2cc(Cl)ccc2OC)C1.I. The van der Waals surface area contributed by atoms with E-state index in [9.17, 15) is 0 Å². The molecule has 1 aliphatic rings. The zero-order chi connectivity index (χ0) is 20.6. The van der Waals surface area contributed by atoms with E-state index in [-0.39, 0.29) is 30.0 Å². The first-order chi connectivity index (χ1) is 14.1. The standard InChI is InChI=1S/C21H28ClN5O2.HI/c1-4-23-21(25-13-15-7-9-24-20(11-15)29-3)26-17-8-10-27(14-17)18-12-16(22)5-6-19(18)28-2;/h5-7,9,11-12,17H,4,8,10,13-14H2,1-3H3,(H2,23,25,26);1H. The molecule has 0 aliphatic carbocycles. The van der Waals surface area contributed by atoms with Gasteiger partial charge < -0.3 is 25.0 Å². The topological polar surface area (TPSA) is 71.0 Å². The van der Waals surface area contributed by atoms with Gasteiger partial charge in [-0.3, -0.25) is 0 Å². The van der Waals surface area contributed by atoms with Crippen LogP contribution in [0, 0.1) is 0 Å². The molecule has 30 heavy (non-hydrogen) atoms. The van der Waals surface area contributed by atoms with Gasteiger partial charge in [-0.2, -0.15) is 0 Å². The lowest BCUT2D eigenvalue weighted by molar-refractivity contribution is 0.397. The molecular formula is C21H29ClIN5O2.